The van der Waals surface area contributed by atoms with Gasteiger partial charge < -0.3 is 19.7 Å². The summed E-state index contributed by atoms with van der Waals surface area (Å²) in [5.41, 5.74) is 1.73. The Balaban J connectivity index is 1.61. The van der Waals surface area contributed by atoms with E-state index in [4.69, 9.17) is 32.7 Å². The number of halogens is 2. The maximum absolute atomic E-state index is 13.7. The largest absolute Gasteiger partial charge is 0.497 e. The molecule has 200 valence electrons. The fourth-order valence-corrected chi connectivity index (χ4v) is 4.98. The molecule has 0 bridgehead atoms. The second kappa shape index (κ2) is 13.5. The molecule has 1 aliphatic rings. The van der Waals surface area contributed by atoms with E-state index in [2.05, 4.69) is 5.32 Å². The molecule has 1 unspecified atom stereocenters. The first kappa shape index (κ1) is 27.8. The average molecular weight is 556 g/mol. The van der Waals surface area contributed by atoms with Crippen molar-refractivity contribution in [3.05, 3.63) is 94.0 Å². The second-order valence-electron chi connectivity index (χ2n) is 9.43. The second-order valence-corrected chi connectivity index (χ2v) is 10.2. The zero-order valence-corrected chi connectivity index (χ0v) is 22.9. The number of amides is 2. The van der Waals surface area contributed by atoms with Crippen LogP contribution < -0.4 is 14.8 Å². The van der Waals surface area contributed by atoms with Crippen LogP contribution in [-0.4, -0.2) is 42.5 Å². The molecule has 1 fully saturated rings. The van der Waals surface area contributed by atoms with Gasteiger partial charge in [0.1, 0.15) is 17.5 Å². The molecular weight excluding hydrogens is 523 g/mol. The van der Waals surface area contributed by atoms with Gasteiger partial charge in [0.15, 0.2) is 6.61 Å². The van der Waals surface area contributed by atoms with Crippen molar-refractivity contribution in [3.63, 3.8) is 0 Å². The highest BCUT2D eigenvalue weighted by Crippen LogP contribution is 2.25. The van der Waals surface area contributed by atoms with Crippen LogP contribution in [0.3, 0.4) is 0 Å². The first-order valence-electron chi connectivity index (χ1n) is 12.8. The molecule has 0 heterocycles. The minimum Gasteiger partial charge on any atom is -0.497 e. The average Bonchev–Trinajstić information content (AvgIpc) is 3.45. The number of rotatable bonds is 11. The summed E-state index contributed by atoms with van der Waals surface area (Å²) in [7, 11) is 1.59. The van der Waals surface area contributed by atoms with E-state index in [1.807, 2.05) is 36.4 Å². The molecule has 3 aromatic rings. The molecule has 1 N–H and O–H groups in total. The summed E-state index contributed by atoms with van der Waals surface area (Å²) in [4.78, 5) is 29.0. The van der Waals surface area contributed by atoms with Gasteiger partial charge in [0.2, 0.25) is 5.91 Å². The highest BCUT2D eigenvalue weighted by Gasteiger charge is 2.32. The first-order valence-corrected chi connectivity index (χ1v) is 13.5. The number of benzene rings is 3. The number of ether oxygens (including phenoxy) is 2. The molecule has 0 spiro atoms. The van der Waals surface area contributed by atoms with Crippen LogP contribution >= 0.6 is 23.2 Å². The predicted octanol–water partition coefficient (Wildman–Crippen LogP) is 6.08. The molecule has 0 aliphatic heterocycles. The number of nitrogens with zero attached hydrogens (tertiary/aromatic N) is 1. The summed E-state index contributed by atoms with van der Waals surface area (Å²) in [6.45, 7) is -0.0487. The van der Waals surface area contributed by atoms with Crippen molar-refractivity contribution >= 4 is 35.0 Å². The Kier molecular flexibility index (Phi) is 9.91. The van der Waals surface area contributed by atoms with Crippen molar-refractivity contribution in [2.24, 2.45) is 0 Å². The maximum atomic E-state index is 13.7. The van der Waals surface area contributed by atoms with Crippen LogP contribution in [-0.2, 0) is 22.6 Å². The number of carbonyl (C=O) groups excluding carboxylic acids is 2. The molecule has 3 aromatic carbocycles. The van der Waals surface area contributed by atoms with Crippen LogP contribution in [0.4, 0.5) is 0 Å². The topological polar surface area (TPSA) is 67.9 Å². The molecule has 0 radical (unpaired) electrons. The van der Waals surface area contributed by atoms with Crippen LogP contribution in [0, 0.1) is 0 Å². The standard InChI is InChI=1S/C30H32Cl2N2O4/c1-37-24-12-14-25(15-13-24)38-20-29(35)34(19-22-11-16-26(31)27(32)17-22)28(18-21-7-3-2-4-8-21)30(36)33-23-9-5-6-10-23/h2-4,7-8,11-17,23,28H,5-6,9-10,18-20H2,1H3,(H,33,36). The molecule has 4 rings (SSSR count). The molecule has 2 amide bonds. The van der Waals surface area contributed by atoms with E-state index in [1.54, 1.807) is 48.4 Å². The third-order valence-electron chi connectivity index (χ3n) is 6.73. The minimum absolute atomic E-state index is 0.123. The zero-order chi connectivity index (χ0) is 26.9. The molecule has 0 aromatic heterocycles. The van der Waals surface area contributed by atoms with Crippen LogP contribution in [0.1, 0.15) is 36.8 Å². The van der Waals surface area contributed by atoms with Gasteiger partial charge in [0, 0.05) is 19.0 Å². The molecule has 1 atom stereocenters. The van der Waals surface area contributed by atoms with Crippen molar-refractivity contribution in [1.29, 1.82) is 0 Å². The Bertz CT molecular complexity index is 1210. The number of hydrogen-bond donors (Lipinski definition) is 1. The summed E-state index contributed by atoms with van der Waals surface area (Å²) in [6.07, 6.45) is 4.46. The van der Waals surface area contributed by atoms with Crippen LogP contribution in [0.5, 0.6) is 11.5 Å². The maximum Gasteiger partial charge on any atom is 0.261 e. The predicted molar refractivity (Wildman–Crippen MR) is 150 cm³/mol. The van der Waals surface area contributed by atoms with E-state index >= 15 is 0 Å². The summed E-state index contributed by atoms with van der Waals surface area (Å²) in [5, 5.41) is 4.01. The van der Waals surface area contributed by atoms with E-state index in [0.29, 0.717) is 28.0 Å². The molecule has 8 heteroatoms. The van der Waals surface area contributed by atoms with E-state index in [-0.39, 0.29) is 31.0 Å². The summed E-state index contributed by atoms with van der Waals surface area (Å²) >= 11 is 12.4. The Hall–Kier alpha value is -3.22. The SMILES string of the molecule is COc1ccc(OCC(=O)N(Cc2ccc(Cl)c(Cl)c2)C(Cc2ccccc2)C(=O)NC2CCCC2)cc1. The Labute approximate surface area is 233 Å². The van der Waals surface area contributed by atoms with Crippen LogP contribution in [0.25, 0.3) is 0 Å². The van der Waals surface area contributed by atoms with Gasteiger partial charge in [0.05, 0.1) is 17.2 Å². The van der Waals surface area contributed by atoms with Crippen molar-refractivity contribution in [3.8, 4) is 11.5 Å². The fraction of sp³-hybridized carbons (Fsp3) is 0.333. The quantitative estimate of drug-likeness (QED) is 0.312. The lowest BCUT2D eigenvalue weighted by atomic mass is 10.0. The Morgan fingerprint density at radius 1 is 0.921 bits per heavy atom. The van der Waals surface area contributed by atoms with Gasteiger partial charge in [0.25, 0.3) is 5.91 Å². The van der Waals surface area contributed by atoms with Gasteiger partial charge in [-0.2, -0.15) is 0 Å². The number of methoxy groups -OCH3 is 1. The highest BCUT2D eigenvalue weighted by atomic mass is 35.5. The van der Waals surface area contributed by atoms with Gasteiger partial charge in [-0.05, 0) is 60.4 Å². The van der Waals surface area contributed by atoms with Crippen molar-refractivity contribution in [1.82, 2.24) is 10.2 Å². The third-order valence-corrected chi connectivity index (χ3v) is 7.47. The molecule has 1 aliphatic carbocycles. The zero-order valence-electron chi connectivity index (χ0n) is 21.4. The number of hydrogen-bond acceptors (Lipinski definition) is 4. The third kappa shape index (κ3) is 7.65. The lowest BCUT2D eigenvalue weighted by molar-refractivity contribution is -0.143. The molecule has 1 saturated carbocycles. The smallest absolute Gasteiger partial charge is 0.261 e. The monoisotopic (exact) mass is 554 g/mol. The van der Waals surface area contributed by atoms with E-state index in [1.165, 1.54) is 0 Å². The van der Waals surface area contributed by atoms with Gasteiger partial charge >= 0.3 is 0 Å². The highest BCUT2D eigenvalue weighted by molar-refractivity contribution is 6.42. The normalized spacial score (nSPS) is 14.1. The summed E-state index contributed by atoms with van der Waals surface area (Å²) < 4.78 is 11.0. The van der Waals surface area contributed by atoms with E-state index in [0.717, 1.165) is 36.8 Å². The minimum atomic E-state index is -0.737. The van der Waals surface area contributed by atoms with Crippen LogP contribution in [0.15, 0.2) is 72.8 Å². The Morgan fingerprint density at radius 3 is 2.26 bits per heavy atom. The van der Waals surface area contributed by atoms with Gasteiger partial charge in [-0.15, -0.1) is 0 Å². The first-order chi connectivity index (χ1) is 18.4. The van der Waals surface area contributed by atoms with Gasteiger partial charge in [-0.3, -0.25) is 9.59 Å². The summed E-state index contributed by atoms with van der Waals surface area (Å²) in [5.74, 6) is 0.744. The van der Waals surface area contributed by atoms with Crippen LogP contribution in [0.2, 0.25) is 10.0 Å². The van der Waals surface area contributed by atoms with Crippen molar-refractivity contribution in [2.75, 3.05) is 13.7 Å². The van der Waals surface area contributed by atoms with E-state index in [9.17, 15) is 9.59 Å². The lowest BCUT2D eigenvalue weighted by Gasteiger charge is -2.32. The molecule has 6 nitrogen and oxygen atoms in total. The molecule has 0 saturated heterocycles. The Morgan fingerprint density at radius 2 is 1.61 bits per heavy atom. The van der Waals surface area contributed by atoms with Crippen molar-refractivity contribution in [2.45, 2.75) is 50.7 Å². The molecule has 38 heavy (non-hydrogen) atoms. The van der Waals surface area contributed by atoms with E-state index < -0.39 is 6.04 Å². The lowest BCUT2D eigenvalue weighted by Crippen LogP contribution is -2.53. The summed E-state index contributed by atoms with van der Waals surface area (Å²) in [6, 6.07) is 21.3. The van der Waals surface area contributed by atoms with Gasteiger partial charge in [-0.25, -0.2) is 0 Å². The molecular formula is C30H32Cl2N2O4. The number of nitrogens with one attached hydrogen (secondary N) is 1. The fourth-order valence-electron chi connectivity index (χ4n) is 4.66. The van der Waals surface area contributed by atoms with Crippen molar-refractivity contribution < 1.29 is 19.1 Å². The number of carbonyl (C=O) groups is 2. The van der Waals surface area contributed by atoms with Gasteiger partial charge in [-0.1, -0.05) is 72.4 Å².